The average Bonchev–Trinajstić information content (AvgIpc) is 2.74. The molecule has 3 rings (SSSR count). The molecule has 2 atom stereocenters. The summed E-state index contributed by atoms with van der Waals surface area (Å²) < 4.78 is 5.67. The zero-order valence-corrected chi connectivity index (χ0v) is 9.67. The van der Waals surface area contributed by atoms with Crippen LogP contribution in [0.15, 0.2) is 23.9 Å². The van der Waals surface area contributed by atoms with Crippen molar-refractivity contribution in [3.63, 3.8) is 0 Å². The zero-order chi connectivity index (χ0) is 11.9. The topological polar surface area (TPSA) is 55.6 Å². The van der Waals surface area contributed by atoms with Gasteiger partial charge in [0.1, 0.15) is 0 Å². The average molecular weight is 236 g/mol. The molecule has 0 saturated carbocycles. The van der Waals surface area contributed by atoms with E-state index in [1.165, 1.54) is 0 Å². The van der Waals surface area contributed by atoms with Crippen LogP contribution in [0.2, 0.25) is 0 Å². The van der Waals surface area contributed by atoms with Gasteiger partial charge in [0.25, 0.3) is 5.70 Å². The normalized spacial score (nSPS) is 36.9. The number of nitrogens with zero attached hydrogens (tertiary/aromatic N) is 2. The molecule has 0 bridgehead atoms. The van der Waals surface area contributed by atoms with E-state index in [0.717, 1.165) is 39.0 Å². The Balaban J connectivity index is 1.61. The van der Waals surface area contributed by atoms with Crippen molar-refractivity contribution in [1.82, 2.24) is 4.90 Å². The molecule has 17 heavy (non-hydrogen) atoms. The molecule has 0 radical (unpaired) electrons. The van der Waals surface area contributed by atoms with Gasteiger partial charge in [0.05, 0.1) is 17.1 Å². The first kappa shape index (κ1) is 10.9. The fourth-order valence-electron chi connectivity index (χ4n) is 2.88. The first-order valence-corrected chi connectivity index (χ1v) is 6.09. The molecule has 1 spiro atoms. The molecule has 5 nitrogen and oxygen atoms in total. The molecule has 2 fully saturated rings. The van der Waals surface area contributed by atoms with Crippen molar-refractivity contribution in [2.24, 2.45) is 0 Å². The summed E-state index contributed by atoms with van der Waals surface area (Å²) in [4.78, 5) is 12.6. The van der Waals surface area contributed by atoms with Crippen molar-refractivity contribution >= 4 is 0 Å². The van der Waals surface area contributed by atoms with Crippen LogP contribution < -0.4 is 0 Å². The summed E-state index contributed by atoms with van der Waals surface area (Å²) in [6.45, 7) is 2.90. The summed E-state index contributed by atoms with van der Waals surface area (Å²) in [7, 11) is 0. The van der Waals surface area contributed by atoms with Gasteiger partial charge >= 0.3 is 0 Å². The Bertz CT molecular complexity index is 399. The van der Waals surface area contributed by atoms with E-state index in [-0.39, 0.29) is 16.2 Å². The van der Waals surface area contributed by atoms with E-state index in [9.17, 15) is 10.1 Å². The third-order valence-electron chi connectivity index (χ3n) is 4.05. The number of hydrogen-bond acceptors (Lipinski definition) is 4. The van der Waals surface area contributed by atoms with Gasteiger partial charge in [0.15, 0.2) is 0 Å². The summed E-state index contributed by atoms with van der Waals surface area (Å²) in [6.07, 6.45) is 8.30. The summed E-state index contributed by atoms with van der Waals surface area (Å²) in [5.41, 5.74) is 0.330. The molecule has 0 aromatic heterocycles. The summed E-state index contributed by atoms with van der Waals surface area (Å²) >= 11 is 0. The van der Waals surface area contributed by atoms with Gasteiger partial charge in [-0.05, 0) is 18.9 Å². The van der Waals surface area contributed by atoms with Gasteiger partial charge in [-0.1, -0.05) is 6.08 Å². The van der Waals surface area contributed by atoms with Crippen LogP contribution in [-0.4, -0.2) is 41.2 Å². The Kier molecular flexibility index (Phi) is 2.52. The van der Waals surface area contributed by atoms with E-state index < -0.39 is 0 Å². The number of ether oxygens (including phenoxy) is 1. The molecule has 0 amide bonds. The molecule has 2 aliphatic heterocycles. The van der Waals surface area contributed by atoms with Crippen molar-refractivity contribution in [3.05, 3.63) is 34.0 Å². The molecule has 0 aromatic rings. The SMILES string of the molecule is O=[N+]([O-])C1=CCC(N2CCC3(CCO3)C2)C=C1. The Morgan fingerprint density at radius 3 is 2.82 bits per heavy atom. The van der Waals surface area contributed by atoms with Crippen LogP contribution >= 0.6 is 0 Å². The van der Waals surface area contributed by atoms with E-state index >= 15 is 0 Å². The molecule has 0 N–H and O–H groups in total. The first-order valence-electron chi connectivity index (χ1n) is 6.09. The van der Waals surface area contributed by atoms with Crippen LogP contribution in [0.3, 0.4) is 0 Å². The third kappa shape index (κ3) is 1.89. The van der Waals surface area contributed by atoms with E-state index in [4.69, 9.17) is 4.74 Å². The van der Waals surface area contributed by atoms with Crippen molar-refractivity contribution in [3.8, 4) is 0 Å². The van der Waals surface area contributed by atoms with E-state index in [2.05, 4.69) is 4.90 Å². The molecule has 2 unspecified atom stereocenters. The molecule has 1 aliphatic carbocycles. The smallest absolute Gasteiger partial charge is 0.265 e. The fraction of sp³-hybridized carbons (Fsp3) is 0.667. The predicted molar refractivity (Wildman–Crippen MR) is 62.1 cm³/mol. The number of allylic oxidation sites excluding steroid dienone is 1. The Morgan fingerprint density at radius 1 is 1.53 bits per heavy atom. The highest BCUT2D eigenvalue weighted by Crippen LogP contribution is 2.37. The fourth-order valence-corrected chi connectivity index (χ4v) is 2.88. The first-order chi connectivity index (χ1) is 8.19. The standard InChI is InChI=1S/C12H16N2O3/c15-14(16)11-3-1-10(2-4-11)13-7-5-12(9-13)6-8-17-12/h1,3-4,10H,2,5-9H2. The quantitative estimate of drug-likeness (QED) is 0.536. The number of rotatable bonds is 2. The number of likely N-dealkylation sites (tertiary alicyclic amines) is 1. The van der Waals surface area contributed by atoms with E-state index in [1.54, 1.807) is 12.2 Å². The van der Waals surface area contributed by atoms with Crippen molar-refractivity contribution in [2.75, 3.05) is 19.7 Å². The Labute approximate surface area is 99.9 Å². The molecule has 0 aromatic carbocycles. The maximum atomic E-state index is 10.6. The van der Waals surface area contributed by atoms with Crippen LogP contribution in [0, 0.1) is 10.1 Å². The lowest BCUT2D eigenvalue weighted by Crippen LogP contribution is -2.47. The Morgan fingerprint density at radius 2 is 2.35 bits per heavy atom. The highest BCUT2D eigenvalue weighted by atomic mass is 16.6. The molecule has 2 saturated heterocycles. The van der Waals surface area contributed by atoms with Crippen LogP contribution in [-0.2, 0) is 4.74 Å². The zero-order valence-electron chi connectivity index (χ0n) is 9.67. The van der Waals surface area contributed by atoms with Crippen LogP contribution in [0.1, 0.15) is 19.3 Å². The summed E-state index contributed by atoms with van der Waals surface area (Å²) in [5, 5.41) is 10.6. The number of hydrogen-bond donors (Lipinski definition) is 0. The van der Waals surface area contributed by atoms with Crippen LogP contribution in [0.5, 0.6) is 0 Å². The van der Waals surface area contributed by atoms with Gasteiger partial charge in [-0.25, -0.2) is 0 Å². The third-order valence-corrected chi connectivity index (χ3v) is 4.05. The maximum Gasteiger partial charge on any atom is 0.265 e. The summed E-state index contributed by atoms with van der Waals surface area (Å²) in [5.74, 6) is 0. The second kappa shape index (κ2) is 3.92. The molecule has 5 heteroatoms. The lowest BCUT2D eigenvalue weighted by molar-refractivity contribution is -0.419. The second-order valence-corrected chi connectivity index (χ2v) is 5.05. The highest BCUT2D eigenvalue weighted by Gasteiger charge is 2.45. The van der Waals surface area contributed by atoms with Crippen molar-refractivity contribution < 1.29 is 9.66 Å². The lowest BCUT2D eigenvalue weighted by atomic mass is 9.94. The van der Waals surface area contributed by atoms with Gasteiger partial charge in [0, 0.05) is 31.6 Å². The van der Waals surface area contributed by atoms with E-state index in [1.807, 2.05) is 6.08 Å². The van der Waals surface area contributed by atoms with Crippen LogP contribution in [0.25, 0.3) is 0 Å². The van der Waals surface area contributed by atoms with Gasteiger partial charge in [-0.15, -0.1) is 0 Å². The van der Waals surface area contributed by atoms with Crippen LogP contribution in [0.4, 0.5) is 0 Å². The van der Waals surface area contributed by atoms with Gasteiger partial charge in [-0.2, -0.15) is 0 Å². The Hall–Kier alpha value is -1.20. The van der Waals surface area contributed by atoms with Gasteiger partial charge in [0.2, 0.25) is 0 Å². The maximum absolute atomic E-state index is 10.6. The molecule has 92 valence electrons. The monoisotopic (exact) mass is 236 g/mol. The predicted octanol–water partition coefficient (Wildman–Crippen LogP) is 1.34. The molecular weight excluding hydrogens is 220 g/mol. The minimum absolute atomic E-state index is 0.112. The second-order valence-electron chi connectivity index (χ2n) is 5.05. The minimum Gasteiger partial charge on any atom is -0.373 e. The lowest BCUT2D eigenvalue weighted by Gasteiger charge is -2.39. The van der Waals surface area contributed by atoms with Gasteiger partial charge in [-0.3, -0.25) is 15.0 Å². The summed E-state index contributed by atoms with van der Waals surface area (Å²) in [6, 6.07) is 0.308. The minimum atomic E-state index is -0.326. The number of nitro groups is 1. The van der Waals surface area contributed by atoms with Gasteiger partial charge < -0.3 is 4.74 Å². The molecular formula is C12H16N2O3. The molecule has 3 aliphatic rings. The largest absolute Gasteiger partial charge is 0.373 e. The highest BCUT2D eigenvalue weighted by molar-refractivity contribution is 5.20. The molecule has 2 heterocycles. The van der Waals surface area contributed by atoms with Crippen molar-refractivity contribution in [1.29, 1.82) is 0 Å². The van der Waals surface area contributed by atoms with Crippen molar-refractivity contribution in [2.45, 2.75) is 30.9 Å². The van der Waals surface area contributed by atoms with E-state index in [0.29, 0.717) is 6.04 Å².